The standard InChI is InChI=1S/C25H25N3O5S/c1-17-12-18-4-3-5-23(25(18)26-15-17)34(30,31)28-10-8-27(9-11-28)16-19-13-24(29)33-22-14-20(32-2)6-7-21(19)22/h3-7,12-15H,8-11,16H2,1-2H3. The molecule has 0 aliphatic carbocycles. The molecule has 0 saturated carbocycles. The third kappa shape index (κ3) is 4.18. The zero-order chi connectivity index (χ0) is 23.9. The molecule has 1 aliphatic heterocycles. The van der Waals surface area contributed by atoms with Crippen molar-refractivity contribution in [2.24, 2.45) is 0 Å². The van der Waals surface area contributed by atoms with Crippen molar-refractivity contribution in [3.63, 3.8) is 0 Å². The van der Waals surface area contributed by atoms with E-state index in [0.29, 0.717) is 49.6 Å². The zero-order valence-corrected chi connectivity index (χ0v) is 19.8. The van der Waals surface area contributed by atoms with E-state index in [1.54, 1.807) is 31.5 Å². The van der Waals surface area contributed by atoms with Crippen molar-refractivity contribution in [1.82, 2.24) is 14.2 Å². The lowest BCUT2D eigenvalue weighted by molar-refractivity contribution is 0.182. The lowest BCUT2D eigenvalue weighted by Crippen LogP contribution is -2.48. The fourth-order valence-electron chi connectivity index (χ4n) is 4.43. The minimum atomic E-state index is -3.68. The molecule has 5 rings (SSSR count). The van der Waals surface area contributed by atoms with Gasteiger partial charge in [0.05, 0.1) is 12.6 Å². The van der Waals surface area contributed by atoms with Crippen LogP contribution < -0.4 is 10.4 Å². The van der Waals surface area contributed by atoms with Crippen molar-refractivity contribution in [3.05, 3.63) is 76.3 Å². The summed E-state index contributed by atoms with van der Waals surface area (Å²) in [7, 11) is -2.12. The first-order chi connectivity index (χ1) is 16.3. The summed E-state index contributed by atoms with van der Waals surface area (Å²) in [5, 5.41) is 1.65. The molecule has 1 saturated heterocycles. The maximum Gasteiger partial charge on any atom is 0.336 e. The van der Waals surface area contributed by atoms with Gasteiger partial charge in [-0.05, 0) is 42.3 Å². The second-order valence-electron chi connectivity index (χ2n) is 8.47. The summed E-state index contributed by atoms with van der Waals surface area (Å²) in [5.41, 5.74) is 2.38. The van der Waals surface area contributed by atoms with Crippen molar-refractivity contribution in [1.29, 1.82) is 0 Å². The first-order valence-electron chi connectivity index (χ1n) is 11.0. The van der Waals surface area contributed by atoms with Crippen LogP contribution in [0.25, 0.3) is 21.9 Å². The van der Waals surface area contributed by atoms with E-state index in [9.17, 15) is 13.2 Å². The second-order valence-corrected chi connectivity index (χ2v) is 10.4. The Morgan fingerprint density at radius 2 is 1.85 bits per heavy atom. The molecule has 2 aromatic heterocycles. The highest BCUT2D eigenvalue weighted by molar-refractivity contribution is 7.89. The Bertz CT molecular complexity index is 1540. The van der Waals surface area contributed by atoms with Gasteiger partial charge in [-0.1, -0.05) is 12.1 Å². The molecule has 0 unspecified atom stereocenters. The molecule has 0 spiro atoms. The molecule has 1 aliphatic rings. The molecule has 4 aromatic rings. The fourth-order valence-corrected chi connectivity index (χ4v) is 6.01. The first kappa shape index (κ1) is 22.5. The van der Waals surface area contributed by atoms with E-state index in [1.165, 1.54) is 10.4 Å². The van der Waals surface area contributed by atoms with Crippen LogP contribution in [0.5, 0.6) is 5.75 Å². The maximum absolute atomic E-state index is 13.4. The number of aromatic nitrogens is 1. The van der Waals surface area contributed by atoms with E-state index in [2.05, 4.69) is 9.88 Å². The molecular weight excluding hydrogens is 454 g/mol. The molecule has 0 N–H and O–H groups in total. The summed E-state index contributed by atoms with van der Waals surface area (Å²) in [6.07, 6.45) is 1.69. The van der Waals surface area contributed by atoms with Crippen LogP contribution in [0.2, 0.25) is 0 Å². The largest absolute Gasteiger partial charge is 0.497 e. The number of fused-ring (bicyclic) bond motifs is 2. The molecule has 3 heterocycles. The number of hydrogen-bond donors (Lipinski definition) is 0. The lowest BCUT2D eigenvalue weighted by atomic mass is 10.1. The van der Waals surface area contributed by atoms with Gasteiger partial charge in [-0.2, -0.15) is 4.31 Å². The van der Waals surface area contributed by atoms with Crippen LogP contribution in [0.15, 0.2) is 68.8 Å². The number of rotatable bonds is 5. The minimum Gasteiger partial charge on any atom is -0.497 e. The van der Waals surface area contributed by atoms with E-state index in [1.807, 2.05) is 31.2 Å². The third-order valence-corrected chi connectivity index (χ3v) is 8.12. The Hall–Kier alpha value is -3.27. The van der Waals surface area contributed by atoms with Gasteiger partial charge < -0.3 is 9.15 Å². The molecule has 176 valence electrons. The molecule has 9 heteroatoms. The van der Waals surface area contributed by atoms with Crippen molar-refractivity contribution in [2.45, 2.75) is 18.4 Å². The molecular formula is C25H25N3O5S. The molecule has 0 bridgehead atoms. The summed E-state index contributed by atoms with van der Waals surface area (Å²) in [6, 6.07) is 14.1. The Balaban J connectivity index is 1.35. The summed E-state index contributed by atoms with van der Waals surface area (Å²) in [4.78, 5) is 18.9. The maximum atomic E-state index is 13.4. The van der Waals surface area contributed by atoms with E-state index in [-0.39, 0.29) is 4.90 Å². The Morgan fingerprint density at radius 3 is 2.62 bits per heavy atom. The number of aryl methyl sites for hydroxylation is 1. The lowest BCUT2D eigenvalue weighted by Gasteiger charge is -2.34. The number of benzene rings is 2. The molecule has 8 nitrogen and oxygen atoms in total. The Labute approximate surface area is 197 Å². The molecule has 1 fully saturated rings. The van der Waals surface area contributed by atoms with Crippen molar-refractivity contribution in [3.8, 4) is 5.75 Å². The average molecular weight is 480 g/mol. The van der Waals surface area contributed by atoms with Gasteiger partial charge in [0.15, 0.2) is 0 Å². The first-order valence-corrected chi connectivity index (χ1v) is 12.5. The van der Waals surface area contributed by atoms with Gasteiger partial charge in [-0.15, -0.1) is 0 Å². The van der Waals surface area contributed by atoms with Gasteiger partial charge in [0, 0.05) is 61.8 Å². The van der Waals surface area contributed by atoms with Gasteiger partial charge in [0.2, 0.25) is 10.0 Å². The van der Waals surface area contributed by atoms with Crippen LogP contribution in [0.3, 0.4) is 0 Å². The smallest absolute Gasteiger partial charge is 0.336 e. The number of methoxy groups -OCH3 is 1. The summed E-state index contributed by atoms with van der Waals surface area (Å²) in [6.45, 7) is 4.28. The summed E-state index contributed by atoms with van der Waals surface area (Å²) >= 11 is 0. The normalized spacial score (nSPS) is 15.7. The van der Waals surface area contributed by atoms with Crippen LogP contribution in [0.1, 0.15) is 11.1 Å². The molecule has 0 radical (unpaired) electrons. The zero-order valence-electron chi connectivity index (χ0n) is 19.0. The van der Waals surface area contributed by atoms with Crippen LogP contribution in [-0.4, -0.2) is 55.9 Å². The fraction of sp³-hybridized carbons (Fsp3) is 0.280. The van der Waals surface area contributed by atoms with Crippen molar-refractivity contribution >= 4 is 31.9 Å². The number of sulfonamides is 1. The quantitative estimate of drug-likeness (QED) is 0.406. The van der Waals surface area contributed by atoms with Gasteiger partial charge >= 0.3 is 5.63 Å². The van der Waals surface area contributed by atoms with E-state index in [0.717, 1.165) is 21.9 Å². The summed E-state index contributed by atoms with van der Waals surface area (Å²) in [5.74, 6) is 0.615. The third-order valence-electron chi connectivity index (χ3n) is 6.19. The number of nitrogens with zero attached hydrogens (tertiary/aromatic N) is 3. The SMILES string of the molecule is COc1ccc2c(CN3CCN(S(=O)(=O)c4cccc5cc(C)cnc45)CC3)cc(=O)oc2c1. The van der Waals surface area contributed by atoms with E-state index in [4.69, 9.17) is 9.15 Å². The Morgan fingerprint density at radius 1 is 1.06 bits per heavy atom. The number of para-hydroxylation sites is 1. The van der Waals surface area contributed by atoms with Crippen molar-refractivity contribution in [2.75, 3.05) is 33.3 Å². The van der Waals surface area contributed by atoms with E-state index < -0.39 is 15.6 Å². The van der Waals surface area contributed by atoms with Gasteiger partial charge in [0.25, 0.3) is 0 Å². The number of pyridine rings is 1. The second kappa shape index (κ2) is 8.83. The van der Waals surface area contributed by atoms with E-state index >= 15 is 0 Å². The molecule has 0 amide bonds. The molecule has 34 heavy (non-hydrogen) atoms. The van der Waals surface area contributed by atoms with Crippen LogP contribution in [-0.2, 0) is 16.6 Å². The number of ether oxygens (including phenoxy) is 1. The van der Waals surface area contributed by atoms with Crippen LogP contribution in [0, 0.1) is 6.92 Å². The van der Waals surface area contributed by atoms with Gasteiger partial charge in [-0.3, -0.25) is 9.88 Å². The monoisotopic (exact) mass is 479 g/mol. The highest BCUT2D eigenvalue weighted by Gasteiger charge is 2.30. The molecule has 0 atom stereocenters. The molecule has 2 aromatic carbocycles. The number of piperazine rings is 1. The highest BCUT2D eigenvalue weighted by atomic mass is 32.2. The van der Waals surface area contributed by atoms with Gasteiger partial charge in [-0.25, -0.2) is 13.2 Å². The van der Waals surface area contributed by atoms with Crippen molar-refractivity contribution < 1.29 is 17.6 Å². The topological polar surface area (TPSA) is 93.0 Å². The van der Waals surface area contributed by atoms with Gasteiger partial charge in [0.1, 0.15) is 16.2 Å². The minimum absolute atomic E-state index is 0.235. The predicted octanol–water partition coefficient (Wildman–Crippen LogP) is 3.16. The average Bonchev–Trinajstić information content (AvgIpc) is 2.83. The summed E-state index contributed by atoms with van der Waals surface area (Å²) < 4.78 is 38.9. The highest BCUT2D eigenvalue weighted by Crippen LogP contribution is 2.27. The Kier molecular flexibility index (Phi) is 5.85. The predicted molar refractivity (Wildman–Crippen MR) is 130 cm³/mol. The van der Waals surface area contributed by atoms with Crippen LogP contribution in [0.4, 0.5) is 0 Å². The van der Waals surface area contributed by atoms with Crippen LogP contribution >= 0.6 is 0 Å². The number of hydrogen-bond acceptors (Lipinski definition) is 7.